The number of hydrogen-bond acceptors (Lipinski definition) is 3. The highest BCUT2D eigenvalue weighted by Gasteiger charge is 2.25. The molecule has 0 aliphatic carbocycles. The van der Waals surface area contributed by atoms with Gasteiger partial charge in [0.2, 0.25) is 0 Å². The molecular weight excluding hydrogens is 458 g/mol. The maximum absolute atomic E-state index is 13.7. The summed E-state index contributed by atoms with van der Waals surface area (Å²) in [6, 6.07) is 25.0. The number of aromatic nitrogens is 2. The first kappa shape index (κ1) is 24.6. The lowest BCUT2D eigenvalue weighted by molar-refractivity contribution is 0.0931. The standard InChI is InChI=1S/C29H30ClN3O2/c1-5-33-27(29(34)31-20(4)21-14-16-24(30)17-15-21)26(32-28(33)22-10-7-6-8-11-22)23-12-9-13-25(18-23)35-19(2)3/h6-20H,5H2,1-4H3,(H,31,34). The number of rotatable bonds is 8. The van der Waals surface area contributed by atoms with Crippen LogP contribution in [0.1, 0.15) is 49.8 Å². The van der Waals surface area contributed by atoms with E-state index in [0.29, 0.717) is 23.0 Å². The molecule has 1 amide bonds. The maximum atomic E-state index is 13.7. The number of nitrogens with zero attached hydrogens (tertiary/aromatic N) is 2. The fourth-order valence-electron chi connectivity index (χ4n) is 4.09. The van der Waals surface area contributed by atoms with E-state index in [1.807, 2.05) is 111 Å². The fourth-order valence-corrected chi connectivity index (χ4v) is 4.21. The SMILES string of the molecule is CCn1c(-c2ccccc2)nc(-c2cccc(OC(C)C)c2)c1C(=O)NC(C)c1ccc(Cl)cc1. The second-order valence-corrected chi connectivity index (χ2v) is 9.12. The van der Waals surface area contributed by atoms with Crippen molar-refractivity contribution in [3.8, 4) is 28.4 Å². The van der Waals surface area contributed by atoms with Gasteiger partial charge in [-0.1, -0.05) is 66.2 Å². The normalized spacial score (nSPS) is 11.9. The molecule has 0 spiro atoms. The fraction of sp³-hybridized carbons (Fsp3) is 0.241. The van der Waals surface area contributed by atoms with E-state index in [0.717, 1.165) is 28.3 Å². The third-order valence-electron chi connectivity index (χ3n) is 5.73. The minimum atomic E-state index is -0.205. The van der Waals surface area contributed by atoms with E-state index in [-0.39, 0.29) is 18.1 Å². The molecular formula is C29H30ClN3O2. The minimum absolute atomic E-state index is 0.0429. The zero-order valence-corrected chi connectivity index (χ0v) is 21.2. The molecule has 0 radical (unpaired) electrons. The third kappa shape index (κ3) is 5.57. The van der Waals surface area contributed by atoms with Crippen LogP contribution in [0.5, 0.6) is 5.75 Å². The summed E-state index contributed by atoms with van der Waals surface area (Å²) in [5.74, 6) is 1.31. The topological polar surface area (TPSA) is 56.2 Å². The van der Waals surface area contributed by atoms with Gasteiger partial charge in [-0.3, -0.25) is 4.79 Å². The summed E-state index contributed by atoms with van der Waals surface area (Å²) in [4.78, 5) is 18.7. The van der Waals surface area contributed by atoms with Gasteiger partial charge in [-0.25, -0.2) is 4.98 Å². The zero-order valence-electron chi connectivity index (χ0n) is 20.5. The average molecular weight is 488 g/mol. The maximum Gasteiger partial charge on any atom is 0.270 e. The molecule has 1 aromatic heterocycles. The van der Waals surface area contributed by atoms with Crippen molar-refractivity contribution in [1.82, 2.24) is 14.9 Å². The number of ether oxygens (including phenoxy) is 1. The number of amides is 1. The van der Waals surface area contributed by atoms with Gasteiger partial charge in [0.1, 0.15) is 23.0 Å². The lowest BCUT2D eigenvalue weighted by atomic mass is 10.1. The lowest BCUT2D eigenvalue weighted by Crippen LogP contribution is -2.29. The number of nitrogens with one attached hydrogen (secondary N) is 1. The van der Waals surface area contributed by atoms with Crippen LogP contribution < -0.4 is 10.1 Å². The first-order chi connectivity index (χ1) is 16.9. The highest BCUT2D eigenvalue weighted by molar-refractivity contribution is 6.30. The Morgan fingerprint density at radius 2 is 1.66 bits per heavy atom. The molecule has 0 aliphatic rings. The Morgan fingerprint density at radius 1 is 0.971 bits per heavy atom. The monoisotopic (exact) mass is 487 g/mol. The van der Waals surface area contributed by atoms with E-state index in [1.165, 1.54) is 0 Å². The van der Waals surface area contributed by atoms with Crippen molar-refractivity contribution in [2.24, 2.45) is 0 Å². The van der Waals surface area contributed by atoms with E-state index < -0.39 is 0 Å². The van der Waals surface area contributed by atoms with Gasteiger partial charge in [0.15, 0.2) is 0 Å². The first-order valence-corrected chi connectivity index (χ1v) is 12.2. The van der Waals surface area contributed by atoms with E-state index in [2.05, 4.69) is 5.32 Å². The Morgan fingerprint density at radius 3 is 2.31 bits per heavy atom. The molecule has 0 bridgehead atoms. The van der Waals surface area contributed by atoms with E-state index in [9.17, 15) is 4.79 Å². The molecule has 35 heavy (non-hydrogen) atoms. The van der Waals surface area contributed by atoms with Crippen LogP contribution in [0, 0.1) is 0 Å². The van der Waals surface area contributed by atoms with Gasteiger partial charge in [-0.05, 0) is 57.5 Å². The largest absolute Gasteiger partial charge is 0.491 e. The zero-order chi connectivity index (χ0) is 24.9. The van der Waals surface area contributed by atoms with Crippen molar-refractivity contribution < 1.29 is 9.53 Å². The number of imidazole rings is 1. The van der Waals surface area contributed by atoms with Gasteiger partial charge in [0, 0.05) is 22.7 Å². The Labute approximate surface area is 211 Å². The molecule has 1 unspecified atom stereocenters. The predicted molar refractivity (Wildman–Crippen MR) is 142 cm³/mol. The van der Waals surface area contributed by atoms with Gasteiger partial charge in [0.05, 0.1) is 12.1 Å². The average Bonchev–Trinajstić information content (AvgIpc) is 3.24. The Kier molecular flexibility index (Phi) is 7.57. The molecule has 6 heteroatoms. The Balaban J connectivity index is 1.80. The van der Waals surface area contributed by atoms with Crippen LogP contribution >= 0.6 is 11.6 Å². The highest BCUT2D eigenvalue weighted by Crippen LogP contribution is 2.32. The number of halogens is 1. The minimum Gasteiger partial charge on any atom is -0.491 e. The number of benzene rings is 3. The summed E-state index contributed by atoms with van der Waals surface area (Å²) >= 11 is 6.04. The number of hydrogen-bond donors (Lipinski definition) is 1. The van der Waals surface area contributed by atoms with E-state index in [1.54, 1.807) is 0 Å². The summed E-state index contributed by atoms with van der Waals surface area (Å²) in [6.45, 7) is 8.56. The summed E-state index contributed by atoms with van der Waals surface area (Å²) in [6.07, 6.45) is 0.0429. The van der Waals surface area contributed by atoms with Crippen molar-refractivity contribution in [3.05, 3.63) is 95.1 Å². The predicted octanol–water partition coefficient (Wildman–Crippen LogP) is 7.17. The van der Waals surface area contributed by atoms with E-state index >= 15 is 0 Å². The Bertz CT molecular complexity index is 1300. The van der Waals surface area contributed by atoms with Crippen molar-refractivity contribution in [2.75, 3.05) is 0 Å². The molecule has 1 heterocycles. The van der Waals surface area contributed by atoms with Crippen LogP contribution in [0.3, 0.4) is 0 Å². The van der Waals surface area contributed by atoms with Crippen molar-refractivity contribution >= 4 is 17.5 Å². The second-order valence-electron chi connectivity index (χ2n) is 8.68. The quantitative estimate of drug-likeness (QED) is 0.286. The summed E-state index contributed by atoms with van der Waals surface area (Å²) in [7, 11) is 0. The summed E-state index contributed by atoms with van der Waals surface area (Å²) in [5.41, 5.74) is 3.91. The molecule has 5 nitrogen and oxygen atoms in total. The molecule has 1 atom stereocenters. The molecule has 4 aromatic rings. The molecule has 0 saturated heterocycles. The molecule has 3 aromatic carbocycles. The second kappa shape index (κ2) is 10.8. The van der Waals surface area contributed by atoms with E-state index in [4.69, 9.17) is 21.3 Å². The lowest BCUT2D eigenvalue weighted by Gasteiger charge is -2.17. The molecule has 180 valence electrons. The van der Waals surface area contributed by atoms with Gasteiger partial charge < -0.3 is 14.6 Å². The van der Waals surface area contributed by atoms with Crippen molar-refractivity contribution in [3.63, 3.8) is 0 Å². The summed E-state index contributed by atoms with van der Waals surface area (Å²) in [5, 5.41) is 3.82. The van der Waals surface area contributed by atoms with Crippen LogP contribution in [0.4, 0.5) is 0 Å². The van der Waals surface area contributed by atoms with Crippen LogP contribution in [0.15, 0.2) is 78.9 Å². The van der Waals surface area contributed by atoms with Crippen LogP contribution in [0.25, 0.3) is 22.6 Å². The molecule has 4 rings (SSSR count). The molecule has 1 N–H and O–H groups in total. The summed E-state index contributed by atoms with van der Waals surface area (Å²) < 4.78 is 7.89. The van der Waals surface area contributed by atoms with Gasteiger partial charge in [0.25, 0.3) is 5.91 Å². The third-order valence-corrected chi connectivity index (χ3v) is 5.98. The molecule has 0 fully saturated rings. The molecule has 0 saturated carbocycles. The van der Waals surface area contributed by atoms with Gasteiger partial charge >= 0.3 is 0 Å². The van der Waals surface area contributed by atoms with Crippen LogP contribution in [-0.4, -0.2) is 21.6 Å². The van der Waals surface area contributed by atoms with Crippen molar-refractivity contribution in [1.29, 1.82) is 0 Å². The highest BCUT2D eigenvalue weighted by atomic mass is 35.5. The number of carbonyl (C=O) groups excluding carboxylic acids is 1. The van der Waals surface area contributed by atoms with Crippen LogP contribution in [0.2, 0.25) is 5.02 Å². The molecule has 0 aliphatic heterocycles. The smallest absolute Gasteiger partial charge is 0.270 e. The first-order valence-electron chi connectivity index (χ1n) is 11.9. The number of carbonyl (C=O) groups is 1. The van der Waals surface area contributed by atoms with Crippen LogP contribution in [-0.2, 0) is 6.54 Å². The van der Waals surface area contributed by atoms with Crippen molar-refractivity contribution in [2.45, 2.75) is 46.4 Å². The van der Waals surface area contributed by atoms with Gasteiger partial charge in [-0.15, -0.1) is 0 Å². The van der Waals surface area contributed by atoms with Gasteiger partial charge in [-0.2, -0.15) is 0 Å². The Hall–Kier alpha value is -3.57.